The van der Waals surface area contributed by atoms with E-state index in [-0.39, 0.29) is 0 Å². The summed E-state index contributed by atoms with van der Waals surface area (Å²) in [7, 11) is 0. The monoisotopic (exact) mass is 518 g/mol. The lowest BCUT2D eigenvalue weighted by Crippen LogP contribution is -1.97. The maximum absolute atomic E-state index is 6.36. The first-order valence-corrected chi connectivity index (χ1v) is 13.0. The molecular formula is C33H22N6O. The van der Waals surface area contributed by atoms with Crippen LogP contribution in [0.1, 0.15) is 0 Å². The molecular weight excluding hydrogens is 496 g/mol. The molecule has 2 aromatic carbocycles. The van der Waals surface area contributed by atoms with Gasteiger partial charge in [0, 0.05) is 59.5 Å². The van der Waals surface area contributed by atoms with Crippen molar-refractivity contribution in [3.8, 4) is 28.7 Å². The molecule has 8 aromatic rings. The third-order valence-corrected chi connectivity index (χ3v) is 7.14. The maximum Gasteiger partial charge on any atom is 0.219 e. The lowest BCUT2D eigenvalue weighted by atomic mass is 10.1. The first kappa shape index (κ1) is 22.3. The molecule has 7 nitrogen and oxygen atoms in total. The van der Waals surface area contributed by atoms with Crippen LogP contribution in [-0.2, 0) is 0 Å². The second-order valence-corrected chi connectivity index (χ2v) is 9.50. The molecule has 0 radical (unpaired) electrons. The third kappa shape index (κ3) is 3.56. The SMILES string of the molecule is c1ccc(-n2c3ccccc3c3ccc(Oc4cccc(-c5cccn6ccnc6n6cccc56)n4)cc32)nc1. The molecule has 6 heterocycles. The van der Waals surface area contributed by atoms with Crippen molar-refractivity contribution in [2.75, 3.05) is 0 Å². The van der Waals surface area contributed by atoms with Crippen molar-refractivity contribution in [3.63, 3.8) is 0 Å². The van der Waals surface area contributed by atoms with Gasteiger partial charge in [-0.3, -0.25) is 13.4 Å². The highest BCUT2D eigenvalue weighted by Gasteiger charge is 2.14. The molecule has 0 aliphatic rings. The van der Waals surface area contributed by atoms with Gasteiger partial charge < -0.3 is 4.74 Å². The van der Waals surface area contributed by atoms with E-state index < -0.39 is 0 Å². The summed E-state index contributed by atoms with van der Waals surface area (Å²) < 4.78 is 12.6. The number of ether oxygens (including phenoxy) is 1. The zero-order valence-corrected chi connectivity index (χ0v) is 21.3. The minimum absolute atomic E-state index is 0.517. The van der Waals surface area contributed by atoms with Crippen molar-refractivity contribution >= 4 is 33.1 Å². The fourth-order valence-electron chi connectivity index (χ4n) is 5.41. The van der Waals surface area contributed by atoms with Gasteiger partial charge in [0.05, 0.1) is 22.2 Å². The molecule has 0 amide bonds. The van der Waals surface area contributed by atoms with E-state index in [9.17, 15) is 0 Å². The van der Waals surface area contributed by atoms with Gasteiger partial charge in [-0.2, -0.15) is 0 Å². The van der Waals surface area contributed by atoms with Crippen LogP contribution < -0.4 is 4.74 Å². The predicted molar refractivity (Wildman–Crippen MR) is 157 cm³/mol. The Morgan fingerprint density at radius 1 is 0.600 bits per heavy atom. The Hall–Kier alpha value is -5.69. The molecule has 7 heteroatoms. The van der Waals surface area contributed by atoms with E-state index in [1.807, 2.05) is 83.8 Å². The topological polar surface area (TPSA) is 61.7 Å². The standard InChI is InChI=1S/C33H22N6O/c1-2-11-29-24(8-1)25-16-15-23(22-30(25)39(29)31-13-3-4-17-34-31)40-32-14-5-10-27(36-32)26-9-6-19-37-21-18-35-33(37)38-20-7-12-28(26)38/h1-22H. The highest BCUT2D eigenvalue weighted by Crippen LogP contribution is 2.35. The number of hydrogen-bond acceptors (Lipinski definition) is 4. The number of para-hydroxylation sites is 1. The van der Waals surface area contributed by atoms with Gasteiger partial charge in [0.1, 0.15) is 11.6 Å². The lowest BCUT2D eigenvalue weighted by Gasteiger charge is -2.10. The molecule has 0 aliphatic heterocycles. The van der Waals surface area contributed by atoms with E-state index in [1.165, 1.54) is 5.39 Å². The fourth-order valence-corrected chi connectivity index (χ4v) is 5.41. The minimum Gasteiger partial charge on any atom is -0.439 e. The number of pyridine rings is 2. The van der Waals surface area contributed by atoms with Crippen molar-refractivity contribution in [1.82, 2.24) is 28.3 Å². The number of fused-ring (bicyclic) bond motifs is 6. The Morgan fingerprint density at radius 3 is 2.42 bits per heavy atom. The Labute approximate surface area is 228 Å². The van der Waals surface area contributed by atoms with E-state index in [1.54, 1.807) is 6.20 Å². The molecule has 0 unspecified atom stereocenters. The number of imidazole rings is 1. The Bertz CT molecular complexity index is 2210. The van der Waals surface area contributed by atoms with E-state index in [2.05, 4.69) is 67.5 Å². The number of nitrogens with zero attached hydrogens (tertiary/aromatic N) is 6. The summed E-state index contributed by atoms with van der Waals surface area (Å²) in [6.07, 6.45) is 9.55. The van der Waals surface area contributed by atoms with Crippen LogP contribution >= 0.6 is 0 Å². The van der Waals surface area contributed by atoms with Gasteiger partial charge in [-0.1, -0.05) is 30.3 Å². The summed E-state index contributed by atoms with van der Waals surface area (Å²) in [5.74, 6) is 2.91. The summed E-state index contributed by atoms with van der Waals surface area (Å²) in [6.45, 7) is 0. The second-order valence-electron chi connectivity index (χ2n) is 9.50. The Morgan fingerprint density at radius 2 is 1.48 bits per heavy atom. The first-order chi connectivity index (χ1) is 19.8. The Balaban J connectivity index is 1.24. The molecule has 0 N–H and O–H groups in total. The van der Waals surface area contributed by atoms with Gasteiger partial charge >= 0.3 is 0 Å². The molecule has 0 bridgehead atoms. The molecule has 8 rings (SSSR count). The average molecular weight is 519 g/mol. The van der Waals surface area contributed by atoms with Gasteiger partial charge in [0.2, 0.25) is 11.7 Å². The third-order valence-electron chi connectivity index (χ3n) is 7.14. The van der Waals surface area contributed by atoms with Crippen LogP contribution in [0.15, 0.2) is 134 Å². The van der Waals surface area contributed by atoms with Crippen molar-refractivity contribution < 1.29 is 4.74 Å². The molecule has 0 spiro atoms. The van der Waals surface area contributed by atoms with Crippen LogP contribution in [0.3, 0.4) is 0 Å². The van der Waals surface area contributed by atoms with Crippen LogP contribution in [0.25, 0.3) is 50.2 Å². The fraction of sp³-hybridized carbons (Fsp3) is 0. The van der Waals surface area contributed by atoms with E-state index in [0.717, 1.165) is 44.8 Å². The Kier molecular flexibility index (Phi) is 4.99. The van der Waals surface area contributed by atoms with E-state index in [0.29, 0.717) is 11.6 Å². The summed E-state index contributed by atoms with van der Waals surface area (Å²) in [5, 5.41) is 2.31. The zero-order chi connectivity index (χ0) is 26.5. The molecule has 40 heavy (non-hydrogen) atoms. The largest absolute Gasteiger partial charge is 0.439 e. The number of rotatable bonds is 4. The maximum atomic E-state index is 6.36. The minimum atomic E-state index is 0.517. The van der Waals surface area contributed by atoms with Gasteiger partial charge in [-0.05, 0) is 60.7 Å². The van der Waals surface area contributed by atoms with Crippen molar-refractivity contribution in [2.24, 2.45) is 0 Å². The second kappa shape index (κ2) is 8.96. The number of benzene rings is 2. The number of hydrogen-bond donors (Lipinski definition) is 0. The van der Waals surface area contributed by atoms with Crippen molar-refractivity contribution in [3.05, 3.63) is 134 Å². The summed E-state index contributed by atoms with van der Waals surface area (Å²) in [4.78, 5) is 14.1. The van der Waals surface area contributed by atoms with E-state index >= 15 is 0 Å². The van der Waals surface area contributed by atoms with Crippen LogP contribution in [0.2, 0.25) is 0 Å². The van der Waals surface area contributed by atoms with E-state index in [4.69, 9.17) is 9.72 Å². The van der Waals surface area contributed by atoms with Crippen LogP contribution in [-0.4, -0.2) is 28.3 Å². The highest BCUT2D eigenvalue weighted by molar-refractivity contribution is 6.09. The van der Waals surface area contributed by atoms with Gasteiger partial charge in [0.15, 0.2) is 0 Å². The quantitative estimate of drug-likeness (QED) is 0.242. The smallest absolute Gasteiger partial charge is 0.219 e. The molecule has 0 saturated heterocycles. The van der Waals surface area contributed by atoms with Gasteiger partial charge in [-0.15, -0.1) is 0 Å². The number of aromatic nitrogens is 6. The van der Waals surface area contributed by atoms with Crippen LogP contribution in [0, 0.1) is 0 Å². The molecule has 0 aliphatic carbocycles. The molecule has 6 aromatic heterocycles. The van der Waals surface area contributed by atoms with Crippen LogP contribution in [0.5, 0.6) is 11.6 Å². The predicted octanol–water partition coefficient (Wildman–Crippen LogP) is 7.50. The van der Waals surface area contributed by atoms with Gasteiger partial charge in [0.25, 0.3) is 0 Å². The van der Waals surface area contributed by atoms with Crippen LogP contribution in [0.4, 0.5) is 0 Å². The molecule has 0 saturated carbocycles. The summed E-state index contributed by atoms with van der Waals surface area (Å²) in [5.41, 5.74) is 4.91. The molecule has 0 atom stereocenters. The molecule has 0 fully saturated rings. The lowest BCUT2D eigenvalue weighted by molar-refractivity contribution is 0.464. The summed E-state index contributed by atoms with van der Waals surface area (Å²) >= 11 is 0. The summed E-state index contributed by atoms with van der Waals surface area (Å²) in [6, 6.07) is 34.5. The zero-order valence-electron chi connectivity index (χ0n) is 21.3. The first-order valence-electron chi connectivity index (χ1n) is 13.0. The normalized spacial score (nSPS) is 11.5. The average Bonchev–Trinajstić information content (AvgIpc) is 3.72. The van der Waals surface area contributed by atoms with Gasteiger partial charge in [-0.25, -0.2) is 15.0 Å². The van der Waals surface area contributed by atoms with Crippen molar-refractivity contribution in [1.29, 1.82) is 0 Å². The molecule has 190 valence electrons. The highest BCUT2D eigenvalue weighted by atomic mass is 16.5. The van der Waals surface area contributed by atoms with Crippen molar-refractivity contribution in [2.45, 2.75) is 0 Å².